The average Bonchev–Trinajstić information content (AvgIpc) is 2.28. The molecule has 1 aromatic carbocycles. The van der Waals surface area contributed by atoms with Crippen LogP contribution in [-0.2, 0) is 16.6 Å². The molecule has 2 N–H and O–H groups in total. The topological polar surface area (TPSA) is 66.4 Å². The van der Waals surface area contributed by atoms with Gasteiger partial charge in [-0.15, -0.1) is 0 Å². The molecule has 0 aliphatic carbocycles. The summed E-state index contributed by atoms with van der Waals surface area (Å²) in [5.41, 5.74) is -0.299. The van der Waals surface area contributed by atoms with Gasteiger partial charge in [-0.25, -0.2) is 17.5 Å². The van der Waals surface area contributed by atoms with Gasteiger partial charge in [0.2, 0.25) is 10.0 Å². The van der Waals surface area contributed by atoms with Crippen molar-refractivity contribution in [3.8, 4) is 0 Å². The van der Waals surface area contributed by atoms with Crippen LogP contribution in [0.5, 0.6) is 0 Å². The largest absolute Gasteiger partial charge is 0.392 e. The third-order valence-corrected chi connectivity index (χ3v) is 4.48. The van der Waals surface area contributed by atoms with Gasteiger partial charge < -0.3 is 5.11 Å². The van der Waals surface area contributed by atoms with Crippen LogP contribution in [0.25, 0.3) is 0 Å². The summed E-state index contributed by atoms with van der Waals surface area (Å²) in [6.45, 7) is 4.94. The van der Waals surface area contributed by atoms with Crippen LogP contribution < -0.4 is 4.72 Å². The monoisotopic (exact) mass is 275 g/mol. The Hall–Kier alpha value is -0.980. The fourth-order valence-electron chi connectivity index (χ4n) is 1.34. The van der Waals surface area contributed by atoms with E-state index in [2.05, 4.69) is 4.72 Å². The van der Waals surface area contributed by atoms with Crippen molar-refractivity contribution < 1.29 is 17.9 Å². The summed E-state index contributed by atoms with van der Waals surface area (Å²) >= 11 is 0. The number of hydrogen-bond acceptors (Lipinski definition) is 3. The number of aliphatic hydroxyl groups excluding tert-OH is 1. The van der Waals surface area contributed by atoms with Crippen molar-refractivity contribution in [1.82, 2.24) is 4.72 Å². The van der Waals surface area contributed by atoms with Crippen LogP contribution in [0, 0.1) is 5.82 Å². The normalized spacial score (nSPS) is 12.7. The van der Waals surface area contributed by atoms with Crippen LogP contribution in [0.15, 0.2) is 23.1 Å². The van der Waals surface area contributed by atoms with Crippen LogP contribution in [0.1, 0.15) is 32.8 Å². The summed E-state index contributed by atoms with van der Waals surface area (Å²) in [6.07, 6.45) is 0.577. The van der Waals surface area contributed by atoms with Gasteiger partial charge in [-0.1, -0.05) is 13.0 Å². The minimum absolute atomic E-state index is 0.333. The quantitative estimate of drug-likeness (QED) is 0.861. The van der Waals surface area contributed by atoms with E-state index in [9.17, 15) is 12.8 Å². The van der Waals surface area contributed by atoms with E-state index in [-0.39, 0.29) is 6.61 Å². The SMILES string of the molecule is CCC(C)(C)NS(=O)(=O)c1cc(CO)ccc1F. The molecule has 0 bridgehead atoms. The first kappa shape index (κ1) is 15.1. The van der Waals surface area contributed by atoms with Crippen LogP contribution in [0.4, 0.5) is 4.39 Å². The highest BCUT2D eigenvalue weighted by molar-refractivity contribution is 7.89. The van der Waals surface area contributed by atoms with Crippen molar-refractivity contribution in [2.75, 3.05) is 0 Å². The van der Waals surface area contributed by atoms with E-state index in [0.717, 1.165) is 12.1 Å². The van der Waals surface area contributed by atoms with Gasteiger partial charge in [0.15, 0.2) is 0 Å². The minimum Gasteiger partial charge on any atom is -0.392 e. The average molecular weight is 275 g/mol. The van der Waals surface area contributed by atoms with E-state index in [4.69, 9.17) is 5.11 Å². The molecule has 18 heavy (non-hydrogen) atoms. The molecule has 0 heterocycles. The molecule has 0 unspecified atom stereocenters. The molecule has 0 aromatic heterocycles. The highest BCUT2D eigenvalue weighted by Crippen LogP contribution is 2.19. The predicted octanol–water partition coefficient (Wildman–Crippen LogP) is 1.78. The maximum atomic E-state index is 13.6. The fraction of sp³-hybridized carbons (Fsp3) is 0.500. The zero-order valence-corrected chi connectivity index (χ0v) is 11.5. The Morgan fingerprint density at radius 1 is 1.39 bits per heavy atom. The van der Waals surface area contributed by atoms with E-state index >= 15 is 0 Å². The van der Waals surface area contributed by atoms with Gasteiger partial charge in [0.05, 0.1) is 6.61 Å². The van der Waals surface area contributed by atoms with Crippen LogP contribution in [0.2, 0.25) is 0 Å². The van der Waals surface area contributed by atoms with Crippen molar-refractivity contribution in [2.24, 2.45) is 0 Å². The highest BCUT2D eigenvalue weighted by Gasteiger charge is 2.27. The Balaban J connectivity index is 3.20. The van der Waals surface area contributed by atoms with Crippen molar-refractivity contribution in [3.05, 3.63) is 29.6 Å². The molecule has 0 atom stereocenters. The minimum atomic E-state index is -3.93. The van der Waals surface area contributed by atoms with Gasteiger partial charge >= 0.3 is 0 Å². The third-order valence-electron chi connectivity index (χ3n) is 2.76. The molecule has 0 saturated heterocycles. The lowest BCUT2D eigenvalue weighted by Gasteiger charge is -2.24. The lowest BCUT2D eigenvalue weighted by atomic mass is 10.0. The molecule has 4 nitrogen and oxygen atoms in total. The summed E-state index contributed by atoms with van der Waals surface area (Å²) in [7, 11) is -3.93. The van der Waals surface area contributed by atoms with Gasteiger partial charge in [0.1, 0.15) is 10.7 Å². The summed E-state index contributed by atoms with van der Waals surface area (Å²) < 4.78 is 40.1. The second-order valence-electron chi connectivity index (χ2n) is 4.77. The van der Waals surface area contributed by atoms with E-state index < -0.39 is 26.3 Å². The number of benzene rings is 1. The lowest BCUT2D eigenvalue weighted by Crippen LogP contribution is -2.42. The molecule has 0 amide bonds. The number of nitrogens with one attached hydrogen (secondary N) is 1. The smallest absolute Gasteiger partial charge is 0.243 e. The Labute approximate surface area is 107 Å². The Kier molecular flexibility index (Phi) is 4.47. The molecule has 0 radical (unpaired) electrons. The van der Waals surface area contributed by atoms with Gasteiger partial charge in [-0.2, -0.15) is 0 Å². The fourth-order valence-corrected chi connectivity index (χ4v) is 2.96. The van der Waals surface area contributed by atoms with E-state index in [1.54, 1.807) is 13.8 Å². The van der Waals surface area contributed by atoms with E-state index in [1.807, 2.05) is 6.92 Å². The van der Waals surface area contributed by atoms with E-state index in [1.165, 1.54) is 6.07 Å². The third kappa shape index (κ3) is 3.51. The number of sulfonamides is 1. The Morgan fingerprint density at radius 3 is 2.50 bits per heavy atom. The maximum absolute atomic E-state index is 13.6. The van der Waals surface area contributed by atoms with Gasteiger partial charge in [0.25, 0.3) is 0 Å². The zero-order chi connectivity index (χ0) is 14.0. The number of hydrogen-bond donors (Lipinski definition) is 2. The molecular weight excluding hydrogens is 257 g/mol. The van der Waals surface area contributed by atoms with Gasteiger partial charge in [0, 0.05) is 5.54 Å². The first-order valence-electron chi connectivity index (χ1n) is 5.65. The maximum Gasteiger partial charge on any atom is 0.243 e. The lowest BCUT2D eigenvalue weighted by molar-refractivity contribution is 0.281. The van der Waals surface area contributed by atoms with Gasteiger partial charge in [-0.3, -0.25) is 0 Å². The molecular formula is C12H18FNO3S. The highest BCUT2D eigenvalue weighted by atomic mass is 32.2. The van der Waals surface area contributed by atoms with Crippen LogP contribution in [-0.4, -0.2) is 19.1 Å². The molecule has 0 spiro atoms. The number of rotatable bonds is 5. The molecule has 6 heteroatoms. The summed E-state index contributed by atoms with van der Waals surface area (Å²) in [4.78, 5) is -0.435. The van der Waals surface area contributed by atoms with Crippen LogP contribution in [0.3, 0.4) is 0 Å². The Bertz CT molecular complexity index is 526. The first-order valence-corrected chi connectivity index (χ1v) is 7.13. The molecule has 0 aliphatic heterocycles. The van der Waals surface area contributed by atoms with Gasteiger partial charge in [-0.05, 0) is 38.0 Å². The zero-order valence-electron chi connectivity index (χ0n) is 10.7. The second-order valence-corrected chi connectivity index (χ2v) is 6.42. The molecule has 0 saturated carbocycles. The second kappa shape index (κ2) is 5.34. The standard InChI is InChI=1S/C12H18FNO3S/c1-4-12(2,3)14-18(16,17)11-7-9(8-15)5-6-10(11)13/h5-7,14-15H,4,8H2,1-3H3. The van der Waals surface area contributed by atoms with E-state index in [0.29, 0.717) is 12.0 Å². The molecule has 0 aliphatic rings. The molecule has 1 aromatic rings. The van der Waals surface area contributed by atoms with Crippen molar-refractivity contribution >= 4 is 10.0 Å². The molecule has 1 rings (SSSR count). The first-order chi connectivity index (χ1) is 8.22. The summed E-state index contributed by atoms with van der Waals surface area (Å²) in [5, 5.41) is 8.96. The Morgan fingerprint density at radius 2 is 2.00 bits per heavy atom. The number of halogens is 1. The summed E-state index contributed by atoms with van der Waals surface area (Å²) in [5.74, 6) is -0.827. The number of aliphatic hydroxyl groups is 1. The summed E-state index contributed by atoms with van der Waals surface area (Å²) in [6, 6.07) is 3.53. The van der Waals surface area contributed by atoms with Crippen molar-refractivity contribution in [1.29, 1.82) is 0 Å². The van der Waals surface area contributed by atoms with Crippen LogP contribution >= 0.6 is 0 Å². The molecule has 0 fully saturated rings. The van der Waals surface area contributed by atoms with Crippen molar-refractivity contribution in [2.45, 2.75) is 44.2 Å². The predicted molar refractivity (Wildman–Crippen MR) is 67.0 cm³/mol. The molecule has 102 valence electrons. The van der Waals surface area contributed by atoms with Crippen molar-refractivity contribution in [3.63, 3.8) is 0 Å².